The van der Waals surface area contributed by atoms with Gasteiger partial charge in [0.05, 0.1) is 6.61 Å². The van der Waals surface area contributed by atoms with Gasteiger partial charge in [-0.3, -0.25) is 4.79 Å². The number of carbonyl (C=O) groups excluding carboxylic acids is 1. The van der Waals surface area contributed by atoms with Crippen molar-refractivity contribution in [3.05, 3.63) is 66.2 Å². The van der Waals surface area contributed by atoms with E-state index in [1.165, 1.54) is 6.42 Å². The molecule has 0 atom stereocenters. The largest absolute Gasteiger partial charge is 0.494 e. The van der Waals surface area contributed by atoms with E-state index in [0.29, 0.717) is 5.56 Å². The summed E-state index contributed by atoms with van der Waals surface area (Å²) >= 11 is 0. The highest BCUT2D eigenvalue weighted by atomic mass is 16.5. The molecule has 0 radical (unpaired) electrons. The zero-order valence-corrected chi connectivity index (χ0v) is 14.9. The summed E-state index contributed by atoms with van der Waals surface area (Å²) in [7, 11) is 0. The number of aldehydes is 1. The first-order valence-electron chi connectivity index (χ1n) is 8.88. The SMILES string of the molecule is CC(C)CCCOc1ccc(-c2ccc3cc(C=O)ccc3c2)cc1. The zero-order chi connectivity index (χ0) is 17.6. The highest BCUT2D eigenvalue weighted by molar-refractivity contribution is 5.91. The molecule has 3 rings (SSSR count). The van der Waals surface area contributed by atoms with Gasteiger partial charge in [0.2, 0.25) is 0 Å². The summed E-state index contributed by atoms with van der Waals surface area (Å²) < 4.78 is 5.81. The molecule has 0 heterocycles. The summed E-state index contributed by atoms with van der Waals surface area (Å²) in [6.07, 6.45) is 3.17. The fourth-order valence-electron chi connectivity index (χ4n) is 2.94. The Kier molecular flexibility index (Phi) is 5.49. The Morgan fingerprint density at radius 2 is 1.56 bits per heavy atom. The van der Waals surface area contributed by atoms with Crippen LogP contribution in [0.2, 0.25) is 0 Å². The minimum Gasteiger partial charge on any atom is -0.494 e. The number of benzene rings is 3. The molecule has 0 fully saturated rings. The van der Waals surface area contributed by atoms with Crippen molar-refractivity contribution in [2.24, 2.45) is 5.92 Å². The minimum atomic E-state index is 0.708. The van der Waals surface area contributed by atoms with Crippen LogP contribution >= 0.6 is 0 Å². The predicted molar refractivity (Wildman–Crippen MR) is 104 cm³/mol. The van der Waals surface area contributed by atoms with E-state index < -0.39 is 0 Å². The maximum Gasteiger partial charge on any atom is 0.150 e. The standard InChI is InChI=1S/C23H24O2/c1-17(2)4-3-13-25-23-11-9-19(10-12-23)21-8-7-20-14-18(16-24)5-6-22(20)15-21/h5-12,14-17H,3-4,13H2,1-2H3. The molecule has 2 heteroatoms. The second kappa shape index (κ2) is 7.98. The molecule has 0 aromatic heterocycles. The van der Waals surface area contributed by atoms with Crippen LogP contribution in [0.15, 0.2) is 60.7 Å². The summed E-state index contributed by atoms with van der Waals surface area (Å²) in [6, 6.07) is 20.3. The molecule has 3 aromatic rings. The van der Waals surface area contributed by atoms with Crippen LogP contribution in [0.4, 0.5) is 0 Å². The first-order valence-corrected chi connectivity index (χ1v) is 8.88. The summed E-state index contributed by atoms with van der Waals surface area (Å²) in [4.78, 5) is 10.9. The van der Waals surface area contributed by atoms with Gasteiger partial charge in [0.15, 0.2) is 0 Å². The van der Waals surface area contributed by atoms with Gasteiger partial charge in [-0.2, -0.15) is 0 Å². The van der Waals surface area contributed by atoms with E-state index in [1.807, 2.05) is 30.3 Å². The summed E-state index contributed by atoms with van der Waals surface area (Å²) in [5, 5.41) is 2.22. The van der Waals surface area contributed by atoms with Gasteiger partial charge in [0.1, 0.15) is 12.0 Å². The van der Waals surface area contributed by atoms with Crippen molar-refractivity contribution in [3.8, 4) is 16.9 Å². The van der Waals surface area contributed by atoms with Crippen LogP contribution in [0.1, 0.15) is 37.0 Å². The van der Waals surface area contributed by atoms with Gasteiger partial charge in [-0.1, -0.05) is 50.2 Å². The first kappa shape index (κ1) is 17.2. The second-order valence-electron chi connectivity index (χ2n) is 6.85. The molecule has 0 aliphatic rings. The summed E-state index contributed by atoms with van der Waals surface area (Å²) in [5.41, 5.74) is 3.04. The minimum absolute atomic E-state index is 0.708. The Bertz CT molecular complexity index is 848. The van der Waals surface area contributed by atoms with E-state index in [2.05, 4.69) is 44.2 Å². The third-order valence-electron chi connectivity index (χ3n) is 4.38. The molecular formula is C23H24O2. The molecule has 0 saturated heterocycles. The molecule has 3 aromatic carbocycles. The fraction of sp³-hybridized carbons (Fsp3) is 0.261. The van der Waals surface area contributed by atoms with Crippen LogP contribution in [-0.4, -0.2) is 12.9 Å². The van der Waals surface area contributed by atoms with E-state index in [-0.39, 0.29) is 0 Å². The number of ether oxygens (including phenoxy) is 1. The summed E-state index contributed by atoms with van der Waals surface area (Å²) in [5.74, 6) is 1.64. The Hall–Kier alpha value is -2.61. The Morgan fingerprint density at radius 1 is 0.880 bits per heavy atom. The van der Waals surface area contributed by atoms with Crippen LogP contribution in [0.25, 0.3) is 21.9 Å². The number of fused-ring (bicyclic) bond motifs is 1. The molecule has 0 spiro atoms. The van der Waals surface area contributed by atoms with Gasteiger partial charge < -0.3 is 4.74 Å². The van der Waals surface area contributed by atoms with Crippen LogP contribution < -0.4 is 4.74 Å². The molecule has 0 unspecified atom stereocenters. The molecule has 0 aliphatic carbocycles. The van der Waals surface area contributed by atoms with E-state index in [0.717, 1.165) is 52.9 Å². The van der Waals surface area contributed by atoms with Gasteiger partial charge in [-0.15, -0.1) is 0 Å². The zero-order valence-electron chi connectivity index (χ0n) is 14.9. The average molecular weight is 332 g/mol. The molecule has 128 valence electrons. The van der Waals surface area contributed by atoms with E-state index >= 15 is 0 Å². The number of hydrogen-bond acceptors (Lipinski definition) is 2. The maximum absolute atomic E-state index is 10.9. The number of rotatable bonds is 7. The van der Waals surface area contributed by atoms with E-state index in [4.69, 9.17) is 4.74 Å². The first-order chi connectivity index (χ1) is 12.2. The maximum atomic E-state index is 10.9. The van der Waals surface area contributed by atoms with E-state index in [1.54, 1.807) is 0 Å². The quantitative estimate of drug-likeness (QED) is 0.384. The van der Waals surface area contributed by atoms with Crippen molar-refractivity contribution in [1.29, 1.82) is 0 Å². The third kappa shape index (κ3) is 4.48. The predicted octanol–water partition coefficient (Wildman–Crippen LogP) is 6.13. The highest BCUT2D eigenvalue weighted by Crippen LogP contribution is 2.26. The second-order valence-corrected chi connectivity index (χ2v) is 6.85. The molecular weight excluding hydrogens is 308 g/mol. The van der Waals surface area contributed by atoms with Crippen LogP contribution in [0, 0.1) is 5.92 Å². The highest BCUT2D eigenvalue weighted by Gasteiger charge is 2.02. The van der Waals surface area contributed by atoms with Gasteiger partial charge in [0, 0.05) is 5.56 Å². The normalized spacial score (nSPS) is 11.0. The van der Waals surface area contributed by atoms with Crippen molar-refractivity contribution < 1.29 is 9.53 Å². The van der Waals surface area contributed by atoms with Gasteiger partial charge in [0.25, 0.3) is 0 Å². The van der Waals surface area contributed by atoms with Crippen LogP contribution in [-0.2, 0) is 0 Å². The van der Waals surface area contributed by atoms with E-state index in [9.17, 15) is 4.79 Å². The lowest BCUT2D eigenvalue weighted by Gasteiger charge is -2.09. The number of carbonyl (C=O) groups is 1. The van der Waals surface area contributed by atoms with Crippen molar-refractivity contribution in [1.82, 2.24) is 0 Å². The molecule has 2 nitrogen and oxygen atoms in total. The summed E-state index contributed by atoms with van der Waals surface area (Å²) in [6.45, 7) is 5.24. The van der Waals surface area contributed by atoms with Crippen molar-refractivity contribution >= 4 is 17.1 Å². The molecule has 25 heavy (non-hydrogen) atoms. The van der Waals surface area contributed by atoms with Gasteiger partial charge in [-0.05, 0) is 64.9 Å². The lowest BCUT2D eigenvalue weighted by molar-refractivity contribution is 0.112. The Balaban J connectivity index is 1.71. The molecule has 0 saturated carbocycles. The van der Waals surface area contributed by atoms with Crippen LogP contribution in [0.3, 0.4) is 0 Å². The Morgan fingerprint density at radius 3 is 2.28 bits per heavy atom. The third-order valence-corrected chi connectivity index (χ3v) is 4.38. The molecule has 0 N–H and O–H groups in total. The smallest absolute Gasteiger partial charge is 0.150 e. The Labute approximate surface area is 149 Å². The molecule has 0 amide bonds. The lowest BCUT2D eigenvalue weighted by Crippen LogP contribution is -1.99. The van der Waals surface area contributed by atoms with Crippen molar-refractivity contribution in [3.63, 3.8) is 0 Å². The monoisotopic (exact) mass is 332 g/mol. The average Bonchev–Trinajstić information content (AvgIpc) is 2.64. The van der Waals surface area contributed by atoms with Gasteiger partial charge >= 0.3 is 0 Å². The fourth-order valence-corrected chi connectivity index (χ4v) is 2.94. The number of hydrogen-bond donors (Lipinski definition) is 0. The van der Waals surface area contributed by atoms with Crippen LogP contribution in [0.5, 0.6) is 5.75 Å². The molecule has 0 bridgehead atoms. The van der Waals surface area contributed by atoms with Gasteiger partial charge in [-0.25, -0.2) is 0 Å². The van der Waals surface area contributed by atoms with Crippen molar-refractivity contribution in [2.45, 2.75) is 26.7 Å². The topological polar surface area (TPSA) is 26.3 Å². The van der Waals surface area contributed by atoms with Crippen molar-refractivity contribution in [2.75, 3.05) is 6.61 Å². The lowest BCUT2D eigenvalue weighted by atomic mass is 10.00. The molecule has 0 aliphatic heterocycles.